The summed E-state index contributed by atoms with van der Waals surface area (Å²) in [6.07, 6.45) is 7.48. The van der Waals surface area contributed by atoms with Crippen molar-refractivity contribution >= 4 is 0 Å². The minimum atomic E-state index is -0.0425. The molecule has 1 heterocycles. The van der Waals surface area contributed by atoms with Crippen molar-refractivity contribution in [2.45, 2.75) is 50.7 Å². The summed E-state index contributed by atoms with van der Waals surface area (Å²) in [6.45, 7) is 2.33. The van der Waals surface area contributed by atoms with Crippen molar-refractivity contribution in [2.75, 3.05) is 14.2 Å². The summed E-state index contributed by atoms with van der Waals surface area (Å²) >= 11 is 0. The Balaban J connectivity index is 2.12. The zero-order valence-corrected chi connectivity index (χ0v) is 11.7. The lowest BCUT2D eigenvalue weighted by molar-refractivity contribution is -0.0783. The molecule has 1 aliphatic rings. The third-order valence-corrected chi connectivity index (χ3v) is 4.37. The average molecular weight is 251 g/mol. The van der Waals surface area contributed by atoms with Crippen LogP contribution in [0.3, 0.4) is 0 Å². The average Bonchev–Trinajstić information content (AvgIpc) is 2.88. The number of likely N-dealkylation sites (N-methyl/N-ethyl adjacent to an activating group) is 1. The second-order valence-corrected chi connectivity index (χ2v) is 5.60. The molecule has 0 radical (unpaired) electrons. The number of hydrogen-bond acceptors (Lipinski definition) is 3. The van der Waals surface area contributed by atoms with Crippen LogP contribution in [0, 0.1) is 5.92 Å². The second kappa shape index (κ2) is 5.89. The topological polar surface area (TPSA) is 34.4 Å². The molecule has 0 aliphatic heterocycles. The van der Waals surface area contributed by atoms with E-state index in [1.165, 1.54) is 12.8 Å². The van der Waals surface area contributed by atoms with Gasteiger partial charge in [-0.2, -0.15) is 0 Å². The van der Waals surface area contributed by atoms with Gasteiger partial charge in [0.25, 0.3) is 0 Å². The van der Waals surface area contributed by atoms with E-state index in [1.54, 1.807) is 6.26 Å². The van der Waals surface area contributed by atoms with Crippen LogP contribution >= 0.6 is 0 Å². The standard InChI is InChI=1S/C15H25NO2/c1-12-6-4-8-15(11-12,17-3)14(16-2)10-13-7-5-9-18-13/h5,7,9,12,14,16H,4,6,8,10-11H2,1-3H3. The minimum absolute atomic E-state index is 0.0425. The van der Waals surface area contributed by atoms with E-state index in [9.17, 15) is 0 Å². The first-order valence-electron chi connectivity index (χ1n) is 6.95. The van der Waals surface area contributed by atoms with Crippen LogP contribution in [0.15, 0.2) is 22.8 Å². The molecule has 3 heteroatoms. The van der Waals surface area contributed by atoms with E-state index in [-0.39, 0.29) is 5.60 Å². The normalized spacial score (nSPS) is 30.3. The molecule has 3 atom stereocenters. The quantitative estimate of drug-likeness (QED) is 0.873. The first-order valence-corrected chi connectivity index (χ1v) is 6.95. The molecule has 2 rings (SSSR count). The van der Waals surface area contributed by atoms with Gasteiger partial charge in [0.1, 0.15) is 5.76 Å². The Morgan fingerprint density at radius 1 is 1.61 bits per heavy atom. The molecule has 1 aliphatic carbocycles. The molecular weight excluding hydrogens is 226 g/mol. The fraction of sp³-hybridized carbons (Fsp3) is 0.733. The van der Waals surface area contributed by atoms with Crippen molar-refractivity contribution in [2.24, 2.45) is 5.92 Å². The van der Waals surface area contributed by atoms with Crippen LogP contribution in [-0.2, 0) is 11.2 Å². The van der Waals surface area contributed by atoms with Gasteiger partial charge in [-0.15, -0.1) is 0 Å². The highest BCUT2D eigenvalue weighted by molar-refractivity contribution is 5.06. The van der Waals surface area contributed by atoms with Crippen LogP contribution in [0.1, 0.15) is 38.4 Å². The zero-order valence-electron chi connectivity index (χ0n) is 11.7. The maximum absolute atomic E-state index is 5.95. The van der Waals surface area contributed by atoms with Gasteiger partial charge in [0.05, 0.1) is 11.9 Å². The first kappa shape index (κ1) is 13.6. The largest absolute Gasteiger partial charge is 0.469 e. The summed E-state index contributed by atoms with van der Waals surface area (Å²) in [7, 11) is 3.87. The van der Waals surface area contributed by atoms with Crippen LogP contribution in [0.5, 0.6) is 0 Å². The molecule has 0 bridgehead atoms. The Bertz CT molecular complexity index is 349. The lowest BCUT2D eigenvalue weighted by Gasteiger charge is -2.44. The van der Waals surface area contributed by atoms with E-state index in [0.717, 1.165) is 30.9 Å². The number of nitrogens with one attached hydrogen (secondary N) is 1. The molecule has 18 heavy (non-hydrogen) atoms. The fourth-order valence-corrected chi connectivity index (χ4v) is 3.37. The molecule has 1 N–H and O–H groups in total. The first-order chi connectivity index (χ1) is 8.70. The minimum Gasteiger partial charge on any atom is -0.469 e. The molecule has 1 aromatic rings. The van der Waals surface area contributed by atoms with Crippen LogP contribution in [-0.4, -0.2) is 25.8 Å². The van der Waals surface area contributed by atoms with E-state index in [2.05, 4.69) is 12.2 Å². The predicted octanol–water partition coefficient (Wildman–Crippen LogP) is 3.01. The number of furan rings is 1. The molecule has 0 saturated heterocycles. The maximum atomic E-state index is 5.95. The molecule has 0 aromatic carbocycles. The third-order valence-electron chi connectivity index (χ3n) is 4.37. The van der Waals surface area contributed by atoms with Crippen LogP contribution < -0.4 is 5.32 Å². The molecule has 0 amide bonds. The highest BCUT2D eigenvalue weighted by Crippen LogP contribution is 2.38. The Hall–Kier alpha value is -0.800. The Kier molecular flexibility index (Phi) is 4.46. The summed E-state index contributed by atoms with van der Waals surface area (Å²) in [5, 5.41) is 3.44. The third kappa shape index (κ3) is 2.78. The van der Waals surface area contributed by atoms with Crippen molar-refractivity contribution in [1.82, 2.24) is 5.32 Å². The molecule has 0 spiro atoms. The smallest absolute Gasteiger partial charge is 0.105 e. The van der Waals surface area contributed by atoms with Crippen LogP contribution in [0.2, 0.25) is 0 Å². The van der Waals surface area contributed by atoms with Gasteiger partial charge in [-0.25, -0.2) is 0 Å². The molecule has 1 aromatic heterocycles. The monoisotopic (exact) mass is 251 g/mol. The summed E-state index contributed by atoms with van der Waals surface area (Å²) in [6, 6.07) is 4.31. The van der Waals surface area contributed by atoms with Crippen molar-refractivity contribution in [1.29, 1.82) is 0 Å². The van der Waals surface area contributed by atoms with Crippen molar-refractivity contribution in [3.8, 4) is 0 Å². The molecule has 1 saturated carbocycles. The van der Waals surface area contributed by atoms with E-state index < -0.39 is 0 Å². The number of rotatable bonds is 5. The van der Waals surface area contributed by atoms with Gasteiger partial charge in [-0.3, -0.25) is 0 Å². The highest BCUT2D eigenvalue weighted by Gasteiger charge is 2.41. The number of hydrogen-bond donors (Lipinski definition) is 1. The van der Waals surface area contributed by atoms with Gasteiger partial charge in [-0.1, -0.05) is 19.8 Å². The van der Waals surface area contributed by atoms with Gasteiger partial charge in [0.2, 0.25) is 0 Å². The summed E-state index contributed by atoms with van der Waals surface area (Å²) in [5.41, 5.74) is -0.0425. The lowest BCUT2D eigenvalue weighted by atomic mass is 9.73. The summed E-state index contributed by atoms with van der Waals surface area (Å²) in [5.74, 6) is 1.77. The van der Waals surface area contributed by atoms with Gasteiger partial charge in [0, 0.05) is 19.6 Å². The molecule has 3 nitrogen and oxygen atoms in total. The Morgan fingerprint density at radius 2 is 2.44 bits per heavy atom. The van der Waals surface area contributed by atoms with E-state index >= 15 is 0 Å². The van der Waals surface area contributed by atoms with Gasteiger partial charge < -0.3 is 14.5 Å². The maximum Gasteiger partial charge on any atom is 0.105 e. The van der Waals surface area contributed by atoms with Gasteiger partial charge in [0.15, 0.2) is 0 Å². The van der Waals surface area contributed by atoms with E-state index in [4.69, 9.17) is 9.15 Å². The molecule has 3 unspecified atom stereocenters. The van der Waals surface area contributed by atoms with Gasteiger partial charge >= 0.3 is 0 Å². The van der Waals surface area contributed by atoms with Crippen molar-refractivity contribution in [3.05, 3.63) is 24.2 Å². The van der Waals surface area contributed by atoms with Crippen LogP contribution in [0.4, 0.5) is 0 Å². The number of methoxy groups -OCH3 is 1. The number of ether oxygens (including phenoxy) is 1. The summed E-state index contributed by atoms with van der Waals surface area (Å²) < 4.78 is 11.4. The predicted molar refractivity (Wildman–Crippen MR) is 72.6 cm³/mol. The SMILES string of the molecule is CNC(Cc1ccco1)C1(OC)CCCC(C)C1. The van der Waals surface area contributed by atoms with Gasteiger partial charge in [-0.05, 0) is 37.9 Å². The lowest BCUT2D eigenvalue weighted by Crippen LogP contribution is -2.54. The molecular formula is C15H25NO2. The Labute approximate surface area is 110 Å². The second-order valence-electron chi connectivity index (χ2n) is 5.60. The van der Waals surface area contributed by atoms with Crippen molar-refractivity contribution < 1.29 is 9.15 Å². The zero-order chi connectivity index (χ0) is 13.0. The molecule has 102 valence electrons. The van der Waals surface area contributed by atoms with E-state index in [0.29, 0.717) is 6.04 Å². The van der Waals surface area contributed by atoms with Crippen LogP contribution in [0.25, 0.3) is 0 Å². The fourth-order valence-electron chi connectivity index (χ4n) is 3.37. The Morgan fingerprint density at radius 3 is 3.00 bits per heavy atom. The highest BCUT2D eigenvalue weighted by atomic mass is 16.5. The molecule has 1 fully saturated rings. The summed E-state index contributed by atoms with van der Waals surface area (Å²) in [4.78, 5) is 0. The van der Waals surface area contributed by atoms with E-state index in [1.807, 2.05) is 26.3 Å². The van der Waals surface area contributed by atoms with Crippen molar-refractivity contribution in [3.63, 3.8) is 0 Å².